The second-order valence-electron chi connectivity index (χ2n) is 16.3. The normalized spacial score (nSPS) is 11.8. The van der Waals surface area contributed by atoms with Crippen LogP contribution in [0.25, 0.3) is 76.9 Å². The van der Waals surface area contributed by atoms with Gasteiger partial charge in [-0.25, -0.2) is 9.97 Å². The standard InChI is InChI=1S/C58H38N6/c1-3-21-41(22-4-1)61(52-31-15-19-39-17-7-9-25-45(39)52)43-33-35-47-48-36-34-44(62(42-23-5-2-6-24-42)53-32-16-20-40-18-8-10-26-46(40)53)38-56(48)63(55(47)37-43)58-60-50-28-12-11-27-49(50)57-59-51-29-13-14-30-54(51)64(57)58/h1-38H. The summed E-state index contributed by atoms with van der Waals surface area (Å²) in [5, 5.41) is 7.98. The number of para-hydroxylation sites is 5. The molecule has 0 aliphatic carbocycles. The van der Waals surface area contributed by atoms with Gasteiger partial charge in [0.05, 0.1) is 39.0 Å². The number of nitrogens with zero attached hydrogens (tertiary/aromatic N) is 6. The Hall–Kier alpha value is -8.74. The molecule has 300 valence electrons. The highest BCUT2D eigenvalue weighted by Gasteiger charge is 2.24. The smallest absolute Gasteiger partial charge is 0.221 e. The minimum atomic E-state index is 0.768. The molecule has 10 aromatic carbocycles. The average molecular weight is 819 g/mol. The van der Waals surface area contributed by atoms with Crippen LogP contribution in [0.3, 0.4) is 0 Å². The van der Waals surface area contributed by atoms with E-state index in [4.69, 9.17) is 9.97 Å². The fourth-order valence-electron chi connectivity index (χ4n) is 9.78. The molecule has 3 aromatic heterocycles. The van der Waals surface area contributed by atoms with Crippen molar-refractivity contribution in [2.75, 3.05) is 9.80 Å². The molecule has 0 spiro atoms. The van der Waals surface area contributed by atoms with Crippen molar-refractivity contribution in [3.63, 3.8) is 0 Å². The van der Waals surface area contributed by atoms with Crippen molar-refractivity contribution < 1.29 is 0 Å². The van der Waals surface area contributed by atoms with Crippen LogP contribution in [0.4, 0.5) is 34.1 Å². The Morgan fingerprint density at radius 3 is 1.36 bits per heavy atom. The molecule has 0 amide bonds. The SMILES string of the molecule is c1ccc(N(c2ccc3c4ccc(N(c5ccccc5)c5cccc6ccccc56)cc4n(-c4nc5ccccc5c5nc6ccccc6n45)c3c2)c2cccc3ccccc23)cc1. The van der Waals surface area contributed by atoms with Crippen LogP contribution in [0.5, 0.6) is 0 Å². The molecule has 0 bridgehead atoms. The van der Waals surface area contributed by atoms with E-state index in [1.165, 1.54) is 21.5 Å². The number of rotatable bonds is 7. The maximum Gasteiger partial charge on any atom is 0.221 e. The molecular formula is C58H38N6. The highest BCUT2D eigenvalue weighted by Crippen LogP contribution is 2.45. The Morgan fingerprint density at radius 2 is 0.781 bits per heavy atom. The third-order valence-corrected chi connectivity index (χ3v) is 12.6. The van der Waals surface area contributed by atoms with Crippen LogP contribution in [0.1, 0.15) is 0 Å². The molecule has 0 saturated carbocycles. The minimum Gasteiger partial charge on any atom is -0.310 e. The number of imidazole rings is 1. The molecule has 6 nitrogen and oxygen atoms in total. The second kappa shape index (κ2) is 14.4. The van der Waals surface area contributed by atoms with Gasteiger partial charge < -0.3 is 9.80 Å². The molecule has 0 fully saturated rings. The number of hydrogen-bond donors (Lipinski definition) is 0. The number of hydrogen-bond acceptors (Lipinski definition) is 4. The lowest BCUT2D eigenvalue weighted by Crippen LogP contribution is -2.11. The number of benzene rings is 10. The summed E-state index contributed by atoms with van der Waals surface area (Å²) in [6.45, 7) is 0. The second-order valence-corrected chi connectivity index (χ2v) is 16.3. The maximum absolute atomic E-state index is 5.59. The fourth-order valence-corrected chi connectivity index (χ4v) is 9.78. The van der Waals surface area contributed by atoms with Crippen LogP contribution in [-0.4, -0.2) is 18.9 Å². The highest BCUT2D eigenvalue weighted by molar-refractivity contribution is 6.13. The van der Waals surface area contributed by atoms with Crippen molar-refractivity contribution in [3.05, 3.63) is 231 Å². The first-order valence-corrected chi connectivity index (χ1v) is 21.7. The third-order valence-electron chi connectivity index (χ3n) is 12.6. The summed E-state index contributed by atoms with van der Waals surface area (Å²) < 4.78 is 4.61. The molecule has 0 radical (unpaired) electrons. The topological polar surface area (TPSA) is 41.6 Å². The largest absolute Gasteiger partial charge is 0.310 e. The first-order chi connectivity index (χ1) is 31.8. The number of anilines is 6. The Kier molecular flexibility index (Phi) is 8.11. The van der Waals surface area contributed by atoms with Gasteiger partial charge in [-0.05, 0) is 95.7 Å². The van der Waals surface area contributed by atoms with E-state index in [1.807, 2.05) is 0 Å². The lowest BCUT2D eigenvalue weighted by molar-refractivity contribution is 0.979. The monoisotopic (exact) mass is 818 g/mol. The van der Waals surface area contributed by atoms with E-state index in [1.54, 1.807) is 0 Å². The molecule has 3 heterocycles. The van der Waals surface area contributed by atoms with E-state index in [0.29, 0.717) is 0 Å². The lowest BCUT2D eigenvalue weighted by Gasteiger charge is -2.27. The molecule has 0 saturated heterocycles. The Morgan fingerprint density at radius 1 is 0.312 bits per heavy atom. The van der Waals surface area contributed by atoms with Crippen LogP contribution in [0.2, 0.25) is 0 Å². The van der Waals surface area contributed by atoms with Crippen molar-refractivity contribution in [2.24, 2.45) is 0 Å². The summed E-state index contributed by atoms with van der Waals surface area (Å²) in [5.74, 6) is 0.768. The van der Waals surface area contributed by atoms with Gasteiger partial charge in [0.1, 0.15) is 5.65 Å². The molecular weight excluding hydrogens is 781 g/mol. The zero-order chi connectivity index (χ0) is 42.1. The van der Waals surface area contributed by atoms with Gasteiger partial charge >= 0.3 is 0 Å². The van der Waals surface area contributed by atoms with E-state index in [-0.39, 0.29) is 0 Å². The van der Waals surface area contributed by atoms with Crippen molar-refractivity contribution >= 4 is 105 Å². The van der Waals surface area contributed by atoms with E-state index >= 15 is 0 Å². The van der Waals surface area contributed by atoms with Gasteiger partial charge in [0.15, 0.2) is 0 Å². The van der Waals surface area contributed by atoms with E-state index < -0.39 is 0 Å². The fraction of sp³-hybridized carbons (Fsp3) is 0. The Bertz CT molecular complexity index is 3740. The van der Waals surface area contributed by atoms with Gasteiger partial charge in [-0.1, -0.05) is 146 Å². The highest BCUT2D eigenvalue weighted by atomic mass is 15.2. The number of aromatic nitrogens is 4. The van der Waals surface area contributed by atoms with E-state index in [2.05, 4.69) is 249 Å². The molecule has 0 aliphatic heterocycles. The van der Waals surface area contributed by atoms with Crippen LogP contribution in [-0.2, 0) is 0 Å². The average Bonchev–Trinajstić information content (AvgIpc) is 3.91. The summed E-state index contributed by atoms with van der Waals surface area (Å²) in [7, 11) is 0. The summed E-state index contributed by atoms with van der Waals surface area (Å²) in [6, 6.07) is 82.2. The van der Waals surface area contributed by atoms with Crippen molar-refractivity contribution in [2.45, 2.75) is 0 Å². The molecule has 6 heteroatoms. The Labute approximate surface area is 368 Å². The van der Waals surface area contributed by atoms with Gasteiger partial charge in [0, 0.05) is 49.7 Å². The molecule has 0 atom stereocenters. The minimum absolute atomic E-state index is 0.768. The maximum atomic E-state index is 5.59. The van der Waals surface area contributed by atoms with Crippen LogP contribution in [0.15, 0.2) is 231 Å². The number of fused-ring (bicyclic) bond motifs is 10. The molecule has 13 aromatic rings. The van der Waals surface area contributed by atoms with Crippen LogP contribution < -0.4 is 9.80 Å². The summed E-state index contributed by atoms with van der Waals surface area (Å²) in [4.78, 5) is 15.6. The van der Waals surface area contributed by atoms with Crippen molar-refractivity contribution in [3.8, 4) is 5.95 Å². The van der Waals surface area contributed by atoms with E-state index in [0.717, 1.165) is 89.5 Å². The quantitative estimate of drug-likeness (QED) is 0.161. The first kappa shape index (κ1) is 36.0. The van der Waals surface area contributed by atoms with Crippen molar-refractivity contribution in [1.82, 2.24) is 18.9 Å². The van der Waals surface area contributed by atoms with Gasteiger partial charge in [0.25, 0.3) is 0 Å². The zero-order valence-corrected chi connectivity index (χ0v) is 34.6. The summed E-state index contributed by atoms with van der Waals surface area (Å²) >= 11 is 0. The summed E-state index contributed by atoms with van der Waals surface area (Å²) in [6.07, 6.45) is 0. The summed E-state index contributed by atoms with van der Waals surface area (Å²) in [5.41, 5.74) is 12.2. The van der Waals surface area contributed by atoms with Gasteiger partial charge in [-0.3, -0.25) is 8.97 Å². The first-order valence-electron chi connectivity index (χ1n) is 21.7. The van der Waals surface area contributed by atoms with E-state index in [9.17, 15) is 0 Å². The molecule has 64 heavy (non-hydrogen) atoms. The molecule has 0 aliphatic rings. The molecule has 0 unspecified atom stereocenters. The molecule has 13 rings (SSSR count). The van der Waals surface area contributed by atoms with Crippen LogP contribution in [0, 0.1) is 0 Å². The Balaban J connectivity index is 1.15. The van der Waals surface area contributed by atoms with Gasteiger partial charge in [-0.2, -0.15) is 0 Å². The molecule has 0 N–H and O–H groups in total. The zero-order valence-electron chi connectivity index (χ0n) is 34.6. The lowest BCUT2D eigenvalue weighted by atomic mass is 10.1. The third kappa shape index (κ3) is 5.59. The predicted octanol–water partition coefficient (Wildman–Crippen LogP) is 15.4. The van der Waals surface area contributed by atoms with Gasteiger partial charge in [0.2, 0.25) is 5.95 Å². The predicted molar refractivity (Wildman–Crippen MR) is 267 cm³/mol. The van der Waals surface area contributed by atoms with Gasteiger partial charge in [-0.15, -0.1) is 0 Å². The van der Waals surface area contributed by atoms with Crippen LogP contribution >= 0.6 is 0 Å². The van der Waals surface area contributed by atoms with Crippen molar-refractivity contribution in [1.29, 1.82) is 0 Å².